The van der Waals surface area contributed by atoms with Gasteiger partial charge in [-0.15, -0.1) is 24.0 Å². The largest absolute Gasteiger partial charge is 0.357 e. The lowest BCUT2D eigenvalue weighted by atomic mass is 10.1. The van der Waals surface area contributed by atoms with Gasteiger partial charge in [-0.3, -0.25) is 14.7 Å². The molecule has 2 aliphatic heterocycles. The van der Waals surface area contributed by atoms with Crippen LogP contribution in [0.3, 0.4) is 0 Å². The quantitative estimate of drug-likeness (QED) is 0.151. The Morgan fingerprint density at radius 2 is 1.68 bits per heavy atom. The molecule has 0 bridgehead atoms. The number of rotatable bonds is 12. The summed E-state index contributed by atoms with van der Waals surface area (Å²) in [6.07, 6.45) is 11.0. The molecule has 7 nitrogen and oxygen atoms in total. The Kier molecular flexibility index (Phi) is 16.4. The molecule has 0 unspecified atom stereocenters. The molecule has 0 spiro atoms. The van der Waals surface area contributed by atoms with E-state index < -0.39 is 0 Å². The van der Waals surface area contributed by atoms with Crippen molar-refractivity contribution in [3.63, 3.8) is 0 Å². The van der Waals surface area contributed by atoms with E-state index in [1.54, 1.807) is 0 Å². The molecule has 2 fully saturated rings. The Morgan fingerprint density at radius 1 is 0.935 bits per heavy atom. The number of piperidine rings is 2. The zero-order chi connectivity index (χ0) is 21.4. The molecule has 3 N–H and O–H groups in total. The third kappa shape index (κ3) is 12.9. The monoisotopic (exact) mass is 550 g/mol. The van der Waals surface area contributed by atoms with Crippen molar-refractivity contribution in [1.29, 1.82) is 0 Å². The lowest BCUT2D eigenvalue weighted by Gasteiger charge is -2.32. The van der Waals surface area contributed by atoms with Crippen LogP contribution in [0.2, 0.25) is 0 Å². The van der Waals surface area contributed by atoms with Crippen LogP contribution in [0.1, 0.15) is 71.6 Å². The van der Waals surface area contributed by atoms with Crippen LogP contribution in [0, 0.1) is 0 Å². The average molecular weight is 551 g/mol. The van der Waals surface area contributed by atoms with E-state index in [-0.39, 0.29) is 29.9 Å². The van der Waals surface area contributed by atoms with E-state index in [0.717, 1.165) is 64.4 Å². The highest BCUT2D eigenvalue weighted by Gasteiger charge is 2.21. The van der Waals surface area contributed by atoms with Crippen molar-refractivity contribution >= 4 is 35.8 Å². The van der Waals surface area contributed by atoms with E-state index in [1.165, 1.54) is 51.7 Å². The minimum absolute atomic E-state index is 0. The zero-order valence-corrected chi connectivity index (χ0v) is 22.3. The van der Waals surface area contributed by atoms with Gasteiger partial charge in [0.25, 0.3) is 0 Å². The first-order valence-corrected chi connectivity index (χ1v) is 12.5. The molecule has 31 heavy (non-hydrogen) atoms. The fourth-order valence-electron chi connectivity index (χ4n) is 4.27. The Balaban J connectivity index is 0.00000480. The van der Waals surface area contributed by atoms with Crippen LogP contribution >= 0.6 is 24.0 Å². The number of aliphatic imine (C=N–C) groups is 1. The number of hydrogen-bond donors (Lipinski definition) is 3. The SMILES string of the molecule is CCCNC(=O)CN1CCC(NC(=NCCCCCN2CCCCC2)NCC)CC1.I. The van der Waals surface area contributed by atoms with Crippen LogP contribution in [0.25, 0.3) is 0 Å². The molecule has 182 valence electrons. The van der Waals surface area contributed by atoms with Crippen molar-refractivity contribution in [3.8, 4) is 0 Å². The zero-order valence-electron chi connectivity index (χ0n) is 20.0. The van der Waals surface area contributed by atoms with Gasteiger partial charge in [-0.05, 0) is 71.5 Å². The van der Waals surface area contributed by atoms with Gasteiger partial charge >= 0.3 is 0 Å². The maximum absolute atomic E-state index is 11.9. The van der Waals surface area contributed by atoms with Crippen molar-refractivity contribution in [1.82, 2.24) is 25.8 Å². The number of amides is 1. The van der Waals surface area contributed by atoms with Gasteiger partial charge in [-0.25, -0.2) is 0 Å². The van der Waals surface area contributed by atoms with Gasteiger partial charge in [-0.1, -0.05) is 19.8 Å². The molecule has 0 radical (unpaired) electrons. The third-order valence-electron chi connectivity index (χ3n) is 6.06. The van der Waals surface area contributed by atoms with Crippen LogP contribution in [-0.2, 0) is 4.79 Å². The Bertz CT molecular complexity index is 490. The molecule has 1 amide bonds. The number of guanidine groups is 1. The van der Waals surface area contributed by atoms with Gasteiger partial charge in [0.2, 0.25) is 5.91 Å². The van der Waals surface area contributed by atoms with Crippen LogP contribution in [0.5, 0.6) is 0 Å². The summed E-state index contributed by atoms with van der Waals surface area (Å²) >= 11 is 0. The van der Waals surface area contributed by atoms with Gasteiger partial charge in [0.1, 0.15) is 0 Å². The van der Waals surface area contributed by atoms with E-state index in [1.807, 2.05) is 0 Å². The fourth-order valence-corrected chi connectivity index (χ4v) is 4.27. The number of nitrogens with one attached hydrogen (secondary N) is 3. The van der Waals surface area contributed by atoms with Gasteiger partial charge in [0.05, 0.1) is 6.54 Å². The lowest BCUT2D eigenvalue weighted by Crippen LogP contribution is -2.50. The summed E-state index contributed by atoms with van der Waals surface area (Å²) in [6.45, 7) is 13.1. The first-order valence-electron chi connectivity index (χ1n) is 12.5. The predicted molar refractivity (Wildman–Crippen MR) is 141 cm³/mol. The molecule has 0 aromatic rings. The number of unbranched alkanes of at least 4 members (excludes halogenated alkanes) is 2. The van der Waals surface area contributed by atoms with E-state index in [4.69, 9.17) is 4.99 Å². The van der Waals surface area contributed by atoms with E-state index >= 15 is 0 Å². The lowest BCUT2D eigenvalue weighted by molar-refractivity contribution is -0.122. The molecular weight excluding hydrogens is 503 g/mol. The molecular formula is C23H47IN6O. The molecule has 0 aromatic heterocycles. The molecule has 0 saturated carbocycles. The maximum Gasteiger partial charge on any atom is 0.234 e. The Labute approximate surface area is 207 Å². The minimum atomic E-state index is 0. The normalized spacial score (nSPS) is 19.0. The van der Waals surface area contributed by atoms with Crippen LogP contribution in [0.15, 0.2) is 4.99 Å². The van der Waals surface area contributed by atoms with E-state index in [9.17, 15) is 4.79 Å². The standard InChI is InChI=1S/C23H46N6O.HI/c1-3-13-25-22(30)20-29-18-11-21(12-19-29)27-23(24-4-2)26-14-7-5-8-15-28-16-9-6-10-17-28;/h21H,3-20H2,1-2H3,(H,25,30)(H2,24,26,27);1H. The summed E-state index contributed by atoms with van der Waals surface area (Å²) < 4.78 is 0. The molecule has 2 saturated heterocycles. The van der Waals surface area contributed by atoms with Gasteiger partial charge < -0.3 is 20.9 Å². The van der Waals surface area contributed by atoms with Crippen LogP contribution in [-0.4, -0.2) is 86.6 Å². The van der Waals surface area contributed by atoms with Gasteiger partial charge in [0, 0.05) is 38.8 Å². The molecule has 2 heterocycles. The van der Waals surface area contributed by atoms with Crippen molar-refractivity contribution in [2.75, 3.05) is 58.9 Å². The van der Waals surface area contributed by atoms with Crippen molar-refractivity contribution in [3.05, 3.63) is 0 Å². The molecule has 2 rings (SSSR count). The van der Waals surface area contributed by atoms with E-state index in [2.05, 4.69) is 39.6 Å². The maximum atomic E-state index is 11.9. The second kappa shape index (κ2) is 17.9. The summed E-state index contributed by atoms with van der Waals surface area (Å²) in [7, 11) is 0. The average Bonchev–Trinajstić information content (AvgIpc) is 2.77. The smallest absolute Gasteiger partial charge is 0.234 e. The molecule has 0 aliphatic carbocycles. The minimum Gasteiger partial charge on any atom is -0.357 e. The number of carbonyl (C=O) groups excluding carboxylic acids is 1. The second-order valence-electron chi connectivity index (χ2n) is 8.77. The van der Waals surface area contributed by atoms with Crippen molar-refractivity contribution in [2.45, 2.75) is 77.7 Å². The second-order valence-corrected chi connectivity index (χ2v) is 8.77. The van der Waals surface area contributed by atoms with E-state index in [0.29, 0.717) is 12.6 Å². The van der Waals surface area contributed by atoms with Gasteiger partial charge in [0.15, 0.2) is 5.96 Å². The Hall–Kier alpha value is -0.610. The molecule has 0 atom stereocenters. The summed E-state index contributed by atoms with van der Waals surface area (Å²) in [5.41, 5.74) is 0. The number of hydrogen-bond acceptors (Lipinski definition) is 4. The summed E-state index contributed by atoms with van der Waals surface area (Å²) in [4.78, 5) is 21.6. The predicted octanol–water partition coefficient (Wildman–Crippen LogP) is 2.81. The highest BCUT2D eigenvalue weighted by molar-refractivity contribution is 14.0. The van der Waals surface area contributed by atoms with Crippen molar-refractivity contribution < 1.29 is 4.79 Å². The summed E-state index contributed by atoms with van der Waals surface area (Å²) in [5.74, 6) is 1.10. The summed E-state index contributed by atoms with van der Waals surface area (Å²) in [5, 5.41) is 9.97. The molecule has 8 heteroatoms. The summed E-state index contributed by atoms with van der Waals surface area (Å²) in [6, 6.07) is 0.442. The fraction of sp³-hybridized carbons (Fsp3) is 0.913. The topological polar surface area (TPSA) is 72.0 Å². The van der Waals surface area contributed by atoms with Gasteiger partial charge in [-0.2, -0.15) is 0 Å². The third-order valence-corrected chi connectivity index (χ3v) is 6.06. The number of halogens is 1. The van der Waals surface area contributed by atoms with Crippen LogP contribution in [0.4, 0.5) is 0 Å². The highest BCUT2D eigenvalue weighted by atomic mass is 127. The first kappa shape index (κ1) is 28.4. The van der Waals surface area contributed by atoms with Crippen molar-refractivity contribution in [2.24, 2.45) is 4.99 Å². The molecule has 2 aliphatic rings. The first-order chi connectivity index (χ1) is 14.7. The number of nitrogens with zero attached hydrogens (tertiary/aromatic N) is 3. The number of carbonyl (C=O) groups is 1. The highest BCUT2D eigenvalue weighted by Crippen LogP contribution is 2.11. The Morgan fingerprint density at radius 3 is 2.35 bits per heavy atom. The van der Waals surface area contributed by atoms with Crippen LogP contribution < -0.4 is 16.0 Å². The number of likely N-dealkylation sites (tertiary alicyclic amines) is 2. The molecule has 0 aromatic carbocycles.